The van der Waals surface area contributed by atoms with Crippen LogP contribution in [-0.4, -0.2) is 23.3 Å². The molecule has 0 aromatic carbocycles. The van der Waals surface area contributed by atoms with Gasteiger partial charge in [0.25, 0.3) is 0 Å². The van der Waals surface area contributed by atoms with Gasteiger partial charge < -0.3 is 10.5 Å². The number of nitrogens with one attached hydrogen (secondary N) is 2. The Morgan fingerprint density at radius 3 is 3.22 bits per heavy atom. The van der Waals surface area contributed by atoms with E-state index in [4.69, 9.17) is 5.11 Å². The van der Waals surface area contributed by atoms with Crippen LogP contribution < -0.4 is 10.9 Å². The second kappa shape index (κ2) is 2.70. The van der Waals surface area contributed by atoms with Crippen LogP contribution in [0.1, 0.15) is 6.92 Å². The highest BCUT2D eigenvalue weighted by molar-refractivity contribution is 4.95. The molecule has 0 spiro atoms. The van der Waals surface area contributed by atoms with Crippen molar-refractivity contribution in [2.24, 2.45) is 0 Å². The van der Waals surface area contributed by atoms with Crippen LogP contribution in [0.15, 0.2) is 12.0 Å². The Morgan fingerprint density at radius 2 is 2.78 bits per heavy atom. The molecule has 0 aromatic rings. The summed E-state index contributed by atoms with van der Waals surface area (Å²) in [5, 5.41) is 10.6. The Kier molecular flexibility index (Phi) is 1.92. The highest BCUT2D eigenvalue weighted by atomic mass is 16.3. The number of aliphatic hydroxyl groups excluding tert-OH is 1. The van der Waals surface area contributed by atoms with Gasteiger partial charge in [0.15, 0.2) is 0 Å². The van der Waals surface area contributed by atoms with Crippen LogP contribution in [0.2, 0.25) is 0 Å². The van der Waals surface area contributed by atoms with Crippen molar-refractivity contribution in [1.82, 2.24) is 16.0 Å². The average Bonchev–Trinajstić information content (AvgIpc) is 2.17. The summed E-state index contributed by atoms with van der Waals surface area (Å²) in [5.41, 5.74) is 5.80. The van der Waals surface area contributed by atoms with Gasteiger partial charge in [-0.1, -0.05) is 6.92 Å². The van der Waals surface area contributed by atoms with Gasteiger partial charge in [0.1, 0.15) is 5.76 Å². The van der Waals surface area contributed by atoms with Crippen LogP contribution in [0, 0.1) is 0 Å². The summed E-state index contributed by atoms with van der Waals surface area (Å²) in [4.78, 5) is 0. The SMILES string of the molecule is CCNN1CC(O)=CN1. The summed E-state index contributed by atoms with van der Waals surface area (Å²) in [6, 6.07) is 0. The number of rotatable bonds is 2. The smallest absolute Gasteiger partial charge is 0.127 e. The van der Waals surface area contributed by atoms with Gasteiger partial charge in [-0.05, 0) is 0 Å². The lowest BCUT2D eigenvalue weighted by atomic mass is 10.6. The molecule has 0 atom stereocenters. The largest absolute Gasteiger partial charge is 0.509 e. The molecule has 0 amide bonds. The molecule has 1 aliphatic rings. The van der Waals surface area contributed by atoms with Crippen molar-refractivity contribution in [1.29, 1.82) is 0 Å². The lowest BCUT2D eigenvalue weighted by Gasteiger charge is -2.14. The lowest BCUT2D eigenvalue weighted by Crippen LogP contribution is -2.42. The first kappa shape index (κ1) is 6.38. The predicted octanol–water partition coefficient (Wildman–Crippen LogP) is -0.269. The topological polar surface area (TPSA) is 47.5 Å². The van der Waals surface area contributed by atoms with E-state index < -0.39 is 0 Å². The van der Waals surface area contributed by atoms with Gasteiger partial charge in [-0.25, -0.2) is 5.43 Å². The summed E-state index contributed by atoms with van der Waals surface area (Å²) < 4.78 is 0. The van der Waals surface area contributed by atoms with Crippen LogP contribution in [0.25, 0.3) is 0 Å². The fourth-order valence-electron chi connectivity index (χ4n) is 0.698. The van der Waals surface area contributed by atoms with Gasteiger partial charge in [-0.15, -0.1) is 0 Å². The van der Waals surface area contributed by atoms with Gasteiger partial charge in [0, 0.05) is 6.54 Å². The molecule has 1 rings (SSSR count). The minimum absolute atomic E-state index is 0.357. The molecule has 3 N–H and O–H groups in total. The Morgan fingerprint density at radius 1 is 2.00 bits per heavy atom. The van der Waals surface area contributed by atoms with E-state index in [2.05, 4.69) is 10.9 Å². The zero-order valence-electron chi connectivity index (χ0n) is 5.39. The molecule has 0 aromatic heterocycles. The molecule has 0 unspecified atom stereocenters. The van der Waals surface area contributed by atoms with Crippen molar-refractivity contribution in [3.8, 4) is 0 Å². The van der Waals surface area contributed by atoms with Gasteiger partial charge >= 0.3 is 0 Å². The van der Waals surface area contributed by atoms with Crippen LogP contribution >= 0.6 is 0 Å². The van der Waals surface area contributed by atoms with E-state index in [1.54, 1.807) is 11.3 Å². The maximum atomic E-state index is 8.84. The maximum absolute atomic E-state index is 8.84. The Balaban J connectivity index is 2.21. The van der Waals surface area contributed by atoms with Crippen molar-refractivity contribution in [2.75, 3.05) is 13.1 Å². The average molecular weight is 129 g/mol. The molecule has 9 heavy (non-hydrogen) atoms. The van der Waals surface area contributed by atoms with Crippen molar-refractivity contribution in [2.45, 2.75) is 6.92 Å². The molecule has 4 heteroatoms. The molecule has 0 saturated heterocycles. The summed E-state index contributed by atoms with van der Waals surface area (Å²) in [5.74, 6) is 0.357. The predicted molar refractivity (Wildman–Crippen MR) is 34.2 cm³/mol. The molecular formula is C5H11N3O. The first-order chi connectivity index (χ1) is 4.33. The highest BCUT2D eigenvalue weighted by Gasteiger charge is 2.09. The number of nitrogens with zero attached hydrogens (tertiary/aromatic N) is 1. The number of hydrogen-bond donors (Lipinski definition) is 3. The second-order valence-corrected chi connectivity index (χ2v) is 1.86. The van der Waals surface area contributed by atoms with E-state index in [0.717, 1.165) is 6.54 Å². The van der Waals surface area contributed by atoms with Crippen LogP contribution in [0.5, 0.6) is 0 Å². The number of hydrazine groups is 2. The van der Waals surface area contributed by atoms with Crippen LogP contribution in [-0.2, 0) is 0 Å². The zero-order valence-corrected chi connectivity index (χ0v) is 5.39. The molecular weight excluding hydrogens is 118 g/mol. The first-order valence-electron chi connectivity index (χ1n) is 2.98. The van der Waals surface area contributed by atoms with Crippen LogP contribution in [0.4, 0.5) is 0 Å². The summed E-state index contributed by atoms with van der Waals surface area (Å²) in [7, 11) is 0. The normalized spacial score (nSPS) is 19.4. The first-order valence-corrected chi connectivity index (χ1v) is 2.98. The number of hydrogen-bond acceptors (Lipinski definition) is 4. The van der Waals surface area contributed by atoms with E-state index in [-0.39, 0.29) is 0 Å². The van der Waals surface area contributed by atoms with Gasteiger partial charge in [-0.3, -0.25) is 0 Å². The van der Waals surface area contributed by atoms with E-state index in [0.29, 0.717) is 12.3 Å². The minimum atomic E-state index is 0.357. The Hall–Kier alpha value is -0.740. The monoisotopic (exact) mass is 129 g/mol. The molecule has 1 heterocycles. The second-order valence-electron chi connectivity index (χ2n) is 1.86. The van der Waals surface area contributed by atoms with E-state index in [1.165, 1.54) is 0 Å². The molecule has 4 nitrogen and oxygen atoms in total. The van der Waals surface area contributed by atoms with Crippen molar-refractivity contribution in [3.63, 3.8) is 0 Å². The van der Waals surface area contributed by atoms with Gasteiger partial charge in [0.2, 0.25) is 0 Å². The summed E-state index contributed by atoms with van der Waals surface area (Å²) in [6.45, 7) is 3.39. The fourth-order valence-corrected chi connectivity index (χ4v) is 0.698. The van der Waals surface area contributed by atoms with E-state index in [9.17, 15) is 0 Å². The quantitative estimate of drug-likeness (QED) is 0.480. The van der Waals surface area contributed by atoms with Crippen molar-refractivity contribution >= 4 is 0 Å². The van der Waals surface area contributed by atoms with Crippen molar-refractivity contribution in [3.05, 3.63) is 12.0 Å². The van der Waals surface area contributed by atoms with E-state index >= 15 is 0 Å². The third-order valence-corrected chi connectivity index (χ3v) is 1.06. The van der Waals surface area contributed by atoms with Crippen molar-refractivity contribution < 1.29 is 5.11 Å². The molecule has 1 aliphatic heterocycles. The Bertz CT molecular complexity index is 123. The maximum Gasteiger partial charge on any atom is 0.127 e. The summed E-state index contributed by atoms with van der Waals surface area (Å²) >= 11 is 0. The molecule has 0 radical (unpaired) electrons. The molecule has 0 saturated carbocycles. The molecule has 0 bridgehead atoms. The van der Waals surface area contributed by atoms with Crippen LogP contribution in [0.3, 0.4) is 0 Å². The lowest BCUT2D eigenvalue weighted by molar-refractivity contribution is 0.166. The third-order valence-electron chi connectivity index (χ3n) is 1.06. The van der Waals surface area contributed by atoms with Gasteiger partial charge in [0.05, 0.1) is 12.7 Å². The zero-order chi connectivity index (χ0) is 6.69. The number of aliphatic hydroxyl groups is 1. The fraction of sp³-hybridized carbons (Fsp3) is 0.600. The molecule has 0 aliphatic carbocycles. The van der Waals surface area contributed by atoms with Gasteiger partial charge in [-0.2, -0.15) is 5.12 Å². The Labute approximate surface area is 54.1 Å². The third kappa shape index (κ3) is 1.58. The standard InChI is InChI=1S/C5H11N3O/c1-2-6-8-4-5(9)3-7-8/h3,6-7,9H,2,4H2,1H3. The highest BCUT2D eigenvalue weighted by Crippen LogP contribution is 1.95. The molecule has 52 valence electrons. The molecule has 0 fully saturated rings. The minimum Gasteiger partial charge on any atom is -0.509 e. The van der Waals surface area contributed by atoms with E-state index in [1.807, 2.05) is 6.92 Å². The summed E-state index contributed by atoms with van der Waals surface area (Å²) in [6.07, 6.45) is 1.56.